The van der Waals surface area contributed by atoms with E-state index in [4.69, 9.17) is 0 Å². The Morgan fingerprint density at radius 1 is 1.33 bits per heavy atom. The van der Waals surface area contributed by atoms with Crippen molar-refractivity contribution < 1.29 is 13.2 Å². The van der Waals surface area contributed by atoms with Gasteiger partial charge in [-0.15, -0.1) is 11.3 Å². The maximum atomic E-state index is 12.9. The third kappa shape index (κ3) is 4.59. The SMILES string of the molecule is CCS(=O)(=O)N(C)CCCNC(=O)c1c(-n2cccc2)sc2c1CCSC2. The van der Waals surface area contributed by atoms with Gasteiger partial charge >= 0.3 is 0 Å². The van der Waals surface area contributed by atoms with Crippen LogP contribution in [0.1, 0.15) is 34.1 Å². The van der Waals surface area contributed by atoms with Crippen LogP contribution < -0.4 is 5.32 Å². The topological polar surface area (TPSA) is 71.4 Å². The van der Waals surface area contributed by atoms with Gasteiger partial charge in [-0.3, -0.25) is 4.79 Å². The Kier molecular flexibility index (Phi) is 6.67. The Hall–Kier alpha value is -1.29. The Morgan fingerprint density at radius 2 is 2.07 bits per heavy atom. The lowest BCUT2D eigenvalue weighted by molar-refractivity contribution is 0.0952. The molecule has 0 aliphatic carbocycles. The molecule has 27 heavy (non-hydrogen) atoms. The summed E-state index contributed by atoms with van der Waals surface area (Å²) in [5.74, 6) is 2.02. The highest BCUT2D eigenvalue weighted by Crippen LogP contribution is 2.38. The Bertz CT molecular complexity index is 889. The molecule has 0 atom stereocenters. The van der Waals surface area contributed by atoms with E-state index in [1.165, 1.54) is 14.7 Å². The predicted molar refractivity (Wildman–Crippen MR) is 113 cm³/mol. The van der Waals surface area contributed by atoms with Crippen molar-refractivity contribution in [1.29, 1.82) is 0 Å². The predicted octanol–water partition coefficient (Wildman–Crippen LogP) is 2.73. The molecule has 2 aromatic rings. The number of carbonyl (C=O) groups is 1. The van der Waals surface area contributed by atoms with E-state index in [0.717, 1.165) is 28.5 Å². The molecule has 1 amide bonds. The number of nitrogens with zero attached hydrogens (tertiary/aromatic N) is 2. The van der Waals surface area contributed by atoms with E-state index in [-0.39, 0.29) is 11.7 Å². The van der Waals surface area contributed by atoms with E-state index in [0.29, 0.717) is 19.5 Å². The summed E-state index contributed by atoms with van der Waals surface area (Å²) >= 11 is 3.60. The van der Waals surface area contributed by atoms with E-state index in [1.807, 2.05) is 40.9 Å². The van der Waals surface area contributed by atoms with Gasteiger partial charge in [-0.1, -0.05) is 0 Å². The normalized spacial score (nSPS) is 14.3. The van der Waals surface area contributed by atoms with Crippen molar-refractivity contribution in [3.05, 3.63) is 40.5 Å². The van der Waals surface area contributed by atoms with E-state index < -0.39 is 10.0 Å². The van der Waals surface area contributed by atoms with Crippen LogP contribution in [0.5, 0.6) is 0 Å². The summed E-state index contributed by atoms with van der Waals surface area (Å²) < 4.78 is 26.9. The zero-order chi connectivity index (χ0) is 19.4. The molecule has 1 N–H and O–H groups in total. The number of sulfonamides is 1. The minimum atomic E-state index is -3.17. The smallest absolute Gasteiger partial charge is 0.254 e. The summed E-state index contributed by atoms with van der Waals surface area (Å²) in [6, 6.07) is 3.91. The van der Waals surface area contributed by atoms with Crippen LogP contribution in [-0.4, -0.2) is 54.8 Å². The molecule has 0 aromatic carbocycles. The van der Waals surface area contributed by atoms with Gasteiger partial charge in [0, 0.05) is 43.2 Å². The highest BCUT2D eigenvalue weighted by Gasteiger charge is 2.26. The molecule has 9 heteroatoms. The van der Waals surface area contributed by atoms with E-state index >= 15 is 0 Å². The number of fused-ring (bicyclic) bond motifs is 1. The fourth-order valence-corrected chi connectivity index (χ4v) is 6.35. The lowest BCUT2D eigenvalue weighted by Crippen LogP contribution is -2.32. The Morgan fingerprint density at radius 3 is 2.78 bits per heavy atom. The van der Waals surface area contributed by atoms with Crippen LogP contribution >= 0.6 is 23.1 Å². The second kappa shape index (κ2) is 8.81. The standard InChI is InChI=1S/C18H25N3O3S3/c1-3-27(23,24)20(2)9-6-8-19-17(22)16-14-7-12-25-13-15(14)26-18(16)21-10-4-5-11-21/h4-5,10-11H,3,6-9,12-13H2,1-2H3,(H,19,22). The fraction of sp³-hybridized carbons (Fsp3) is 0.500. The second-order valence-corrected chi connectivity index (χ2v) is 11.0. The number of hydrogen-bond acceptors (Lipinski definition) is 5. The van der Waals surface area contributed by atoms with Gasteiger partial charge in [-0.05, 0) is 43.2 Å². The Balaban J connectivity index is 1.69. The number of nitrogens with one attached hydrogen (secondary N) is 1. The molecule has 0 unspecified atom stereocenters. The first-order valence-electron chi connectivity index (χ1n) is 9.02. The maximum Gasteiger partial charge on any atom is 0.254 e. The van der Waals surface area contributed by atoms with Crippen molar-refractivity contribution in [1.82, 2.24) is 14.2 Å². The van der Waals surface area contributed by atoms with E-state index in [9.17, 15) is 13.2 Å². The zero-order valence-electron chi connectivity index (χ0n) is 15.6. The molecule has 0 fully saturated rings. The third-order valence-electron chi connectivity index (χ3n) is 4.64. The molecule has 148 valence electrons. The molecule has 3 heterocycles. The summed E-state index contributed by atoms with van der Waals surface area (Å²) in [7, 11) is -1.59. The summed E-state index contributed by atoms with van der Waals surface area (Å²) in [6.07, 6.45) is 5.43. The first-order chi connectivity index (χ1) is 12.9. The number of amides is 1. The number of carbonyl (C=O) groups excluding carboxylic acids is 1. The lowest BCUT2D eigenvalue weighted by Gasteiger charge is -2.16. The first kappa shape index (κ1) is 20.4. The number of hydrogen-bond donors (Lipinski definition) is 1. The van der Waals surface area contributed by atoms with Gasteiger partial charge in [0.25, 0.3) is 5.91 Å². The van der Waals surface area contributed by atoms with Gasteiger partial charge in [0.2, 0.25) is 10.0 Å². The summed E-state index contributed by atoms with van der Waals surface area (Å²) in [5.41, 5.74) is 1.95. The highest BCUT2D eigenvalue weighted by atomic mass is 32.2. The largest absolute Gasteiger partial charge is 0.352 e. The maximum absolute atomic E-state index is 12.9. The fourth-order valence-electron chi connectivity index (χ4n) is 3.06. The molecule has 1 aliphatic heterocycles. The average Bonchev–Trinajstić information content (AvgIpc) is 3.31. The molecule has 2 aromatic heterocycles. The molecular weight excluding hydrogens is 402 g/mol. The van der Waals surface area contributed by atoms with Gasteiger partial charge < -0.3 is 9.88 Å². The van der Waals surface area contributed by atoms with E-state index in [2.05, 4.69) is 5.32 Å². The third-order valence-corrected chi connectivity index (χ3v) is 8.92. The molecule has 0 spiro atoms. The number of thioether (sulfide) groups is 1. The first-order valence-corrected chi connectivity index (χ1v) is 12.6. The molecule has 3 rings (SSSR count). The average molecular weight is 428 g/mol. The van der Waals surface area contributed by atoms with Gasteiger partial charge in [-0.25, -0.2) is 12.7 Å². The quantitative estimate of drug-likeness (QED) is 0.658. The van der Waals surface area contributed by atoms with Gasteiger partial charge in [0.05, 0.1) is 11.3 Å². The molecule has 0 saturated heterocycles. The summed E-state index contributed by atoms with van der Waals surface area (Å²) in [6.45, 7) is 2.49. The number of aromatic nitrogens is 1. The molecule has 6 nitrogen and oxygen atoms in total. The summed E-state index contributed by atoms with van der Waals surface area (Å²) in [5, 5.41) is 3.96. The molecule has 0 bridgehead atoms. The highest BCUT2D eigenvalue weighted by molar-refractivity contribution is 7.98. The van der Waals surface area contributed by atoms with Crippen molar-refractivity contribution in [3.63, 3.8) is 0 Å². The van der Waals surface area contributed by atoms with Gasteiger partial charge in [0.1, 0.15) is 5.00 Å². The number of thiophene rings is 1. The lowest BCUT2D eigenvalue weighted by atomic mass is 10.1. The van der Waals surface area contributed by atoms with Crippen LogP contribution in [0.2, 0.25) is 0 Å². The van der Waals surface area contributed by atoms with Crippen LogP contribution in [0, 0.1) is 0 Å². The van der Waals surface area contributed by atoms with Crippen LogP contribution in [0.4, 0.5) is 0 Å². The molecule has 1 aliphatic rings. The van der Waals surface area contributed by atoms with Crippen LogP contribution in [0.25, 0.3) is 5.00 Å². The summed E-state index contributed by atoms with van der Waals surface area (Å²) in [4.78, 5) is 14.2. The molecule has 0 saturated carbocycles. The van der Waals surface area contributed by atoms with Crippen molar-refractivity contribution >= 4 is 39.0 Å². The van der Waals surface area contributed by atoms with E-state index in [1.54, 1.807) is 25.3 Å². The van der Waals surface area contributed by atoms with Crippen molar-refractivity contribution in [3.8, 4) is 5.00 Å². The van der Waals surface area contributed by atoms with Crippen molar-refractivity contribution in [2.45, 2.75) is 25.5 Å². The number of rotatable bonds is 8. The van der Waals surface area contributed by atoms with Gasteiger partial charge in [0.15, 0.2) is 0 Å². The van der Waals surface area contributed by atoms with Crippen molar-refractivity contribution in [2.75, 3.05) is 31.6 Å². The minimum Gasteiger partial charge on any atom is -0.352 e. The zero-order valence-corrected chi connectivity index (χ0v) is 18.1. The van der Waals surface area contributed by atoms with Crippen LogP contribution in [0.15, 0.2) is 24.5 Å². The van der Waals surface area contributed by atoms with Gasteiger partial charge in [-0.2, -0.15) is 11.8 Å². The monoisotopic (exact) mass is 427 g/mol. The Labute approximate surface area is 169 Å². The van der Waals surface area contributed by atoms with Crippen LogP contribution in [0.3, 0.4) is 0 Å². The molecular formula is C18H25N3O3S3. The molecule has 0 radical (unpaired) electrons. The van der Waals surface area contributed by atoms with Crippen molar-refractivity contribution in [2.24, 2.45) is 0 Å². The van der Waals surface area contributed by atoms with Crippen LogP contribution in [-0.2, 0) is 22.2 Å². The minimum absolute atomic E-state index is 0.0656. The second-order valence-electron chi connectivity index (χ2n) is 6.41.